The SMILES string of the molecule is O=C1NC(=O)C(OI)=C1O. The van der Waals surface area contributed by atoms with Crippen LogP contribution in [0.4, 0.5) is 0 Å². The summed E-state index contributed by atoms with van der Waals surface area (Å²) in [5.41, 5.74) is 0. The van der Waals surface area contributed by atoms with Gasteiger partial charge in [-0.05, 0) is 0 Å². The zero-order valence-electron chi connectivity index (χ0n) is 4.55. The second-order valence-corrected chi connectivity index (χ2v) is 1.98. The molecule has 0 atom stereocenters. The molecule has 0 aliphatic carbocycles. The summed E-state index contributed by atoms with van der Waals surface area (Å²) in [7, 11) is 0. The second-order valence-electron chi connectivity index (χ2n) is 1.54. The molecule has 0 aromatic heterocycles. The van der Waals surface area contributed by atoms with Crippen molar-refractivity contribution < 1.29 is 17.8 Å². The molecule has 2 N–H and O–H groups in total. The van der Waals surface area contributed by atoms with Crippen LogP contribution in [0.2, 0.25) is 0 Å². The number of aliphatic hydroxyl groups excluding tert-OH is 1. The normalized spacial score (nSPS) is 17.7. The van der Waals surface area contributed by atoms with Crippen molar-refractivity contribution in [1.82, 2.24) is 5.32 Å². The quantitative estimate of drug-likeness (QED) is 0.501. The van der Waals surface area contributed by atoms with E-state index in [1.165, 1.54) is 23.0 Å². The number of rotatable bonds is 1. The van der Waals surface area contributed by atoms with Crippen LogP contribution in [0.5, 0.6) is 0 Å². The van der Waals surface area contributed by atoms with E-state index in [0.717, 1.165) is 0 Å². The van der Waals surface area contributed by atoms with Crippen LogP contribution in [0.3, 0.4) is 0 Å². The van der Waals surface area contributed by atoms with Crippen molar-refractivity contribution in [3.63, 3.8) is 0 Å². The lowest BCUT2D eigenvalue weighted by Gasteiger charge is -1.90. The zero-order valence-corrected chi connectivity index (χ0v) is 6.71. The second kappa shape index (κ2) is 2.45. The average molecular weight is 255 g/mol. The van der Waals surface area contributed by atoms with Crippen molar-refractivity contribution in [2.45, 2.75) is 0 Å². The Morgan fingerprint density at radius 1 is 1.40 bits per heavy atom. The number of nitrogens with one attached hydrogen (secondary N) is 1. The predicted octanol–water partition coefficient (Wildman–Crippen LogP) is -0.221. The Bertz CT molecular complexity index is 233. The topological polar surface area (TPSA) is 75.6 Å². The van der Waals surface area contributed by atoms with Gasteiger partial charge in [-0.1, -0.05) is 0 Å². The molecule has 10 heavy (non-hydrogen) atoms. The van der Waals surface area contributed by atoms with Gasteiger partial charge in [0.1, 0.15) is 0 Å². The smallest absolute Gasteiger partial charge is 0.298 e. The van der Waals surface area contributed by atoms with Crippen LogP contribution in [0.25, 0.3) is 0 Å². The summed E-state index contributed by atoms with van der Waals surface area (Å²) in [4.78, 5) is 21.0. The van der Waals surface area contributed by atoms with Gasteiger partial charge in [0.2, 0.25) is 11.5 Å². The summed E-state index contributed by atoms with van der Waals surface area (Å²) < 4.78 is 4.37. The van der Waals surface area contributed by atoms with E-state index in [9.17, 15) is 9.59 Å². The van der Waals surface area contributed by atoms with Gasteiger partial charge in [-0.3, -0.25) is 14.9 Å². The lowest BCUT2D eigenvalue weighted by atomic mass is 10.4. The van der Waals surface area contributed by atoms with Crippen molar-refractivity contribution in [1.29, 1.82) is 0 Å². The van der Waals surface area contributed by atoms with Gasteiger partial charge >= 0.3 is 0 Å². The number of hydrogen-bond donors (Lipinski definition) is 2. The van der Waals surface area contributed by atoms with Gasteiger partial charge in [-0.15, -0.1) is 0 Å². The first-order chi connectivity index (χ1) is 4.66. The fraction of sp³-hybridized carbons (Fsp3) is 0. The lowest BCUT2D eigenvalue weighted by Crippen LogP contribution is -2.23. The molecule has 54 valence electrons. The van der Waals surface area contributed by atoms with Crippen LogP contribution in [0.15, 0.2) is 11.5 Å². The van der Waals surface area contributed by atoms with E-state index < -0.39 is 17.6 Å². The number of amides is 2. The van der Waals surface area contributed by atoms with Crippen LogP contribution in [-0.4, -0.2) is 16.9 Å². The van der Waals surface area contributed by atoms with Gasteiger partial charge in [0, 0.05) is 0 Å². The van der Waals surface area contributed by atoms with Gasteiger partial charge in [0.25, 0.3) is 11.8 Å². The Hall–Kier alpha value is -0.790. The number of carbonyl (C=O) groups is 2. The minimum atomic E-state index is -0.823. The van der Waals surface area contributed by atoms with E-state index in [2.05, 4.69) is 3.07 Å². The first-order valence-corrected chi connectivity index (χ1v) is 3.12. The Labute approximate surface area is 69.7 Å². The molecule has 2 amide bonds. The highest BCUT2D eigenvalue weighted by atomic mass is 127. The molecule has 0 spiro atoms. The molecule has 0 bridgehead atoms. The van der Waals surface area contributed by atoms with Gasteiger partial charge < -0.3 is 8.17 Å². The molecule has 1 aliphatic heterocycles. The van der Waals surface area contributed by atoms with Crippen molar-refractivity contribution in [2.24, 2.45) is 0 Å². The number of imide groups is 1. The number of halogens is 1. The van der Waals surface area contributed by atoms with Crippen molar-refractivity contribution in [3.8, 4) is 0 Å². The molecular weight excluding hydrogens is 253 g/mol. The van der Waals surface area contributed by atoms with Crippen LogP contribution >= 0.6 is 23.0 Å². The molecule has 0 aromatic carbocycles. The Morgan fingerprint density at radius 3 is 2.20 bits per heavy atom. The van der Waals surface area contributed by atoms with Crippen molar-refractivity contribution in [2.75, 3.05) is 0 Å². The Morgan fingerprint density at radius 2 is 2.00 bits per heavy atom. The first-order valence-electron chi connectivity index (χ1n) is 2.24. The molecule has 0 aromatic rings. The molecule has 0 radical (unpaired) electrons. The Kier molecular flexibility index (Phi) is 1.79. The maximum atomic E-state index is 10.5. The summed E-state index contributed by atoms with van der Waals surface area (Å²) in [6, 6.07) is 0. The fourth-order valence-corrected chi connectivity index (χ4v) is 0.910. The van der Waals surface area contributed by atoms with Gasteiger partial charge in [-0.2, -0.15) is 0 Å². The van der Waals surface area contributed by atoms with Gasteiger partial charge in [0.05, 0.1) is 0 Å². The summed E-state index contributed by atoms with van der Waals surface area (Å²) in [5, 5.41) is 10.6. The molecule has 5 nitrogen and oxygen atoms in total. The van der Waals surface area contributed by atoms with Crippen LogP contribution in [-0.2, 0) is 12.7 Å². The maximum absolute atomic E-state index is 10.5. The van der Waals surface area contributed by atoms with Crippen LogP contribution in [0.1, 0.15) is 0 Å². The summed E-state index contributed by atoms with van der Waals surface area (Å²) in [6.07, 6.45) is 0. The van der Waals surface area contributed by atoms with Crippen LogP contribution in [0, 0.1) is 0 Å². The van der Waals surface area contributed by atoms with E-state index in [-0.39, 0.29) is 5.76 Å². The maximum Gasteiger partial charge on any atom is 0.298 e. The van der Waals surface area contributed by atoms with E-state index in [4.69, 9.17) is 5.11 Å². The van der Waals surface area contributed by atoms with Crippen molar-refractivity contribution in [3.05, 3.63) is 11.5 Å². The fourth-order valence-electron chi connectivity index (χ4n) is 0.501. The largest absolute Gasteiger partial charge is 0.500 e. The zero-order chi connectivity index (χ0) is 7.72. The number of carbonyl (C=O) groups excluding carboxylic acids is 2. The van der Waals surface area contributed by atoms with E-state index in [1.807, 2.05) is 5.32 Å². The van der Waals surface area contributed by atoms with Crippen molar-refractivity contribution >= 4 is 34.8 Å². The molecule has 1 aliphatic rings. The number of aliphatic hydroxyl groups is 1. The molecule has 0 saturated carbocycles. The highest BCUT2D eigenvalue weighted by Gasteiger charge is 2.31. The molecular formula is C4H2INO4. The summed E-state index contributed by atoms with van der Waals surface area (Å²) in [6.45, 7) is 0. The van der Waals surface area contributed by atoms with E-state index in [0.29, 0.717) is 0 Å². The third kappa shape index (κ3) is 0.939. The van der Waals surface area contributed by atoms with Gasteiger partial charge in [-0.25, -0.2) is 0 Å². The highest BCUT2D eigenvalue weighted by Crippen LogP contribution is 2.13. The Balaban J connectivity index is 3.01. The van der Waals surface area contributed by atoms with E-state index in [1.54, 1.807) is 0 Å². The summed E-state index contributed by atoms with van der Waals surface area (Å²) >= 11 is 1.40. The highest BCUT2D eigenvalue weighted by molar-refractivity contribution is 14.1. The third-order valence-electron chi connectivity index (χ3n) is 0.941. The molecule has 1 heterocycles. The molecule has 0 unspecified atom stereocenters. The molecule has 0 fully saturated rings. The average Bonchev–Trinajstić information content (AvgIpc) is 2.09. The summed E-state index contributed by atoms with van der Waals surface area (Å²) in [5.74, 6) is -2.54. The van der Waals surface area contributed by atoms with Gasteiger partial charge in [0.15, 0.2) is 23.0 Å². The van der Waals surface area contributed by atoms with Crippen LogP contribution < -0.4 is 5.32 Å². The molecule has 0 saturated heterocycles. The lowest BCUT2D eigenvalue weighted by molar-refractivity contribution is -0.125. The standard InChI is InChI=1S/C4H2INO4/c5-10-2-1(7)3(8)6-4(2)9/h(H2,6,7,8,9). The molecule has 1 rings (SSSR count). The number of hydrogen-bond acceptors (Lipinski definition) is 4. The molecule has 6 heteroatoms. The van der Waals surface area contributed by atoms with E-state index >= 15 is 0 Å². The monoisotopic (exact) mass is 255 g/mol. The predicted molar refractivity (Wildman–Crippen MR) is 37.9 cm³/mol. The first kappa shape index (κ1) is 7.32. The minimum Gasteiger partial charge on any atom is -0.500 e. The third-order valence-corrected chi connectivity index (χ3v) is 1.38. The minimum absolute atomic E-state index is 0.342.